The van der Waals surface area contributed by atoms with Gasteiger partial charge in [0, 0.05) is 30.3 Å². The first-order valence-corrected chi connectivity index (χ1v) is 10.3. The number of nitrogens with one attached hydrogen (secondary N) is 2. The Morgan fingerprint density at radius 3 is 2.56 bits per heavy atom. The normalized spacial score (nSPS) is 14.9. The zero-order valence-electron chi connectivity index (χ0n) is 17.2. The highest BCUT2D eigenvalue weighted by atomic mass is 32.1. The van der Waals surface area contributed by atoms with Gasteiger partial charge in [0.1, 0.15) is 17.1 Å². The topological polar surface area (TPSA) is 82.7 Å². The third-order valence-corrected chi connectivity index (χ3v) is 5.02. The smallest absolute Gasteiger partial charge is 0.191 e. The molecule has 0 saturated carbocycles. The standard InChI is InChI=1S/C20H32N4O2S/c1-7-21-18(23-13-20(6,25)16-9-8-14(2)26-16)22-11-10-17-24-15(12-27-17)19(3,4)5/h8-9,12,25H,7,10-11,13H2,1-6H3,(H2,21,22,23). The average molecular weight is 393 g/mol. The number of hydrogen-bond acceptors (Lipinski definition) is 5. The summed E-state index contributed by atoms with van der Waals surface area (Å²) >= 11 is 1.69. The molecule has 27 heavy (non-hydrogen) atoms. The summed E-state index contributed by atoms with van der Waals surface area (Å²) in [5.41, 5.74) is 0.0647. The summed E-state index contributed by atoms with van der Waals surface area (Å²) < 4.78 is 5.54. The van der Waals surface area contributed by atoms with Crippen molar-refractivity contribution in [2.24, 2.45) is 4.99 Å². The lowest BCUT2D eigenvalue weighted by molar-refractivity contribution is 0.0428. The lowest BCUT2D eigenvalue weighted by Gasteiger charge is -2.19. The fraction of sp³-hybridized carbons (Fsp3) is 0.600. The Hall–Kier alpha value is -1.86. The second-order valence-electron chi connectivity index (χ2n) is 7.93. The van der Waals surface area contributed by atoms with Crippen LogP contribution in [0, 0.1) is 6.92 Å². The van der Waals surface area contributed by atoms with Gasteiger partial charge in [-0.25, -0.2) is 9.98 Å². The van der Waals surface area contributed by atoms with E-state index in [1.165, 1.54) is 0 Å². The van der Waals surface area contributed by atoms with Gasteiger partial charge in [0.25, 0.3) is 0 Å². The van der Waals surface area contributed by atoms with Crippen molar-refractivity contribution in [1.82, 2.24) is 15.6 Å². The Morgan fingerprint density at radius 2 is 2.00 bits per heavy atom. The second-order valence-corrected chi connectivity index (χ2v) is 8.88. The number of guanidine groups is 1. The number of aromatic nitrogens is 1. The summed E-state index contributed by atoms with van der Waals surface area (Å²) in [5.74, 6) is 1.98. The van der Waals surface area contributed by atoms with E-state index in [1.54, 1.807) is 24.3 Å². The molecule has 0 fully saturated rings. The third kappa shape index (κ3) is 6.36. The molecule has 150 valence electrons. The molecule has 7 heteroatoms. The summed E-state index contributed by atoms with van der Waals surface area (Å²) in [6, 6.07) is 3.64. The van der Waals surface area contributed by atoms with E-state index in [0.717, 1.165) is 36.0 Å². The Bertz CT molecular complexity index is 756. The van der Waals surface area contributed by atoms with Crippen molar-refractivity contribution in [3.05, 3.63) is 39.7 Å². The molecule has 0 bridgehead atoms. The Labute approximate surface area is 166 Å². The summed E-state index contributed by atoms with van der Waals surface area (Å²) in [6.45, 7) is 13.8. The van der Waals surface area contributed by atoms with E-state index < -0.39 is 5.60 Å². The maximum Gasteiger partial charge on any atom is 0.191 e. The van der Waals surface area contributed by atoms with Crippen molar-refractivity contribution < 1.29 is 9.52 Å². The highest BCUT2D eigenvalue weighted by Crippen LogP contribution is 2.24. The van der Waals surface area contributed by atoms with Crippen LogP contribution < -0.4 is 10.6 Å². The molecule has 0 amide bonds. The molecule has 6 nitrogen and oxygen atoms in total. The number of thiazole rings is 1. The fourth-order valence-corrected chi connectivity index (χ4v) is 3.46. The molecule has 2 aromatic heterocycles. The van der Waals surface area contributed by atoms with Gasteiger partial charge in [-0.15, -0.1) is 11.3 Å². The predicted molar refractivity (Wildman–Crippen MR) is 112 cm³/mol. The van der Waals surface area contributed by atoms with Gasteiger partial charge in [-0.2, -0.15) is 0 Å². The summed E-state index contributed by atoms with van der Waals surface area (Å²) in [7, 11) is 0. The predicted octanol–water partition coefficient (Wildman–Crippen LogP) is 3.35. The van der Waals surface area contributed by atoms with Crippen molar-refractivity contribution in [3.63, 3.8) is 0 Å². The van der Waals surface area contributed by atoms with E-state index >= 15 is 0 Å². The molecule has 2 rings (SSSR count). The Kier molecular flexibility index (Phi) is 7.06. The number of aliphatic hydroxyl groups is 1. The minimum Gasteiger partial charge on any atom is -0.463 e. The van der Waals surface area contributed by atoms with E-state index in [2.05, 4.69) is 41.8 Å². The van der Waals surface area contributed by atoms with Gasteiger partial charge in [0.05, 0.1) is 17.2 Å². The number of rotatable bonds is 7. The third-order valence-electron chi connectivity index (χ3n) is 4.11. The zero-order valence-corrected chi connectivity index (χ0v) is 18.0. The van der Waals surface area contributed by atoms with E-state index in [1.807, 2.05) is 19.9 Å². The van der Waals surface area contributed by atoms with Crippen molar-refractivity contribution in [3.8, 4) is 0 Å². The zero-order chi connectivity index (χ0) is 20.1. The lowest BCUT2D eigenvalue weighted by Crippen LogP contribution is -2.39. The van der Waals surface area contributed by atoms with Crippen molar-refractivity contribution >= 4 is 17.3 Å². The number of furan rings is 1. The van der Waals surface area contributed by atoms with Crippen LogP contribution in [-0.2, 0) is 17.4 Å². The minimum atomic E-state index is -1.15. The summed E-state index contributed by atoms with van der Waals surface area (Å²) in [5, 5.41) is 20.4. The summed E-state index contributed by atoms with van der Waals surface area (Å²) in [4.78, 5) is 9.23. The van der Waals surface area contributed by atoms with Crippen LogP contribution in [0.25, 0.3) is 0 Å². The van der Waals surface area contributed by atoms with Crippen LogP contribution >= 0.6 is 11.3 Å². The van der Waals surface area contributed by atoms with Crippen molar-refractivity contribution in [2.45, 2.75) is 59.0 Å². The maximum atomic E-state index is 10.6. The van der Waals surface area contributed by atoms with Crippen LogP contribution in [-0.4, -0.2) is 35.7 Å². The van der Waals surface area contributed by atoms with Gasteiger partial charge in [0.2, 0.25) is 0 Å². The minimum absolute atomic E-state index is 0.0777. The maximum absolute atomic E-state index is 10.6. The quantitative estimate of drug-likeness (QED) is 0.497. The molecule has 0 aliphatic rings. The molecular formula is C20H32N4O2S. The monoisotopic (exact) mass is 392 g/mol. The van der Waals surface area contributed by atoms with Crippen LogP contribution in [0.3, 0.4) is 0 Å². The molecule has 0 radical (unpaired) electrons. The van der Waals surface area contributed by atoms with Crippen LogP contribution in [0.1, 0.15) is 56.8 Å². The van der Waals surface area contributed by atoms with Crippen LogP contribution in [0.5, 0.6) is 0 Å². The average Bonchev–Trinajstić information content (AvgIpc) is 3.22. The van der Waals surface area contributed by atoms with Gasteiger partial charge in [-0.05, 0) is 32.9 Å². The first-order chi connectivity index (χ1) is 12.6. The van der Waals surface area contributed by atoms with Gasteiger partial charge in [0.15, 0.2) is 5.96 Å². The molecule has 1 unspecified atom stereocenters. The molecule has 0 spiro atoms. The SMILES string of the molecule is CCNC(=NCC(C)(O)c1ccc(C)o1)NCCc1nc(C(C)(C)C)cs1. The van der Waals surface area contributed by atoms with Gasteiger partial charge in [-0.1, -0.05) is 20.8 Å². The van der Waals surface area contributed by atoms with Crippen LogP contribution in [0.4, 0.5) is 0 Å². The number of aliphatic imine (C=N–C) groups is 1. The molecular weight excluding hydrogens is 360 g/mol. The number of hydrogen-bond donors (Lipinski definition) is 3. The fourth-order valence-electron chi connectivity index (χ4n) is 2.43. The van der Waals surface area contributed by atoms with Crippen molar-refractivity contribution in [1.29, 1.82) is 0 Å². The molecule has 0 aliphatic heterocycles. The van der Waals surface area contributed by atoms with Gasteiger partial charge in [-0.3, -0.25) is 0 Å². The highest BCUT2D eigenvalue weighted by molar-refractivity contribution is 7.09. The molecule has 1 atom stereocenters. The lowest BCUT2D eigenvalue weighted by atomic mass is 9.93. The molecule has 3 N–H and O–H groups in total. The first kappa shape index (κ1) is 21.4. The van der Waals surface area contributed by atoms with E-state index in [4.69, 9.17) is 9.40 Å². The molecule has 0 aromatic carbocycles. The van der Waals surface area contributed by atoms with E-state index in [0.29, 0.717) is 11.7 Å². The van der Waals surface area contributed by atoms with Crippen molar-refractivity contribution in [2.75, 3.05) is 19.6 Å². The summed E-state index contributed by atoms with van der Waals surface area (Å²) in [6.07, 6.45) is 0.832. The molecule has 2 aromatic rings. The molecule has 0 saturated heterocycles. The number of aryl methyl sites for hydroxylation is 1. The Balaban J connectivity index is 1.92. The van der Waals surface area contributed by atoms with Gasteiger partial charge < -0.3 is 20.2 Å². The van der Waals surface area contributed by atoms with E-state index in [9.17, 15) is 5.11 Å². The largest absolute Gasteiger partial charge is 0.463 e. The first-order valence-electron chi connectivity index (χ1n) is 9.38. The van der Waals surface area contributed by atoms with E-state index in [-0.39, 0.29) is 12.0 Å². The number of nitrogens with zero attached hydrogens (tertiary/aromatic N) is 2. The van der Waals surface area contributed by atoms with Crippen LogP contribution in [0.2, 0.25) is 0 Å². The highest BCUT2D eigenvalue weighted by Gasteiger charge is 2.26. The van der Waals surface area contributed by atoms with Gasteiger partial charge >= 0.3 is 0 Å². The molecule has 2 heterocycles. The van der Waals surface area contributed by atoms with Crippen LogP contribution in [0.15, 0.2) is 26.9 Å². The molecule has 0 aliphatic carbocycles. The Morgan fingerprint density at radius 1 is 1.26 bits per heavy atom. The second kappa shape index (κ2) is 8.89.